The fourth-order valence-electron chi connectivity index (χ4n) is 4.62. The van der Waals surface area contributed by atoms with E-state index in [0.29, 0.717) is 25.4 Å². The van der Waals surface area contributed by atoms with E-state index in [1.54, 1.807) is 16.2 Å². The highest BCUT2D eigenvalue weighted by molar-refractivity contribution is 7.10. The first-order valence-corrected chi connectivity index (χ1v) is 13.0. The van der Waals surface area contributed by atoms with Gasteiger partial charge in [-0.3, -0.25) is 9.59 Å². The Bertz CT molecular complexity index is 905. The van der Waals surface area contributed by atoms with Crippen LogP contribution in [0.3, 0.4) is 0 Å². The largest absolute Gasteiger partial charge is 0.333 e. The molecule has 174 valence electrons. The Balaban J connectivity index is 1.80. The molecular weight excluding hydrogens is 416 g/mol. The van der Waals surface area contributed by atoms with Crippen LogP contribution in [0.25, 0.3) is 0 Å². The molecule has 3 rings (SSSR count). The molecule has 5 heteroatoms. The van der Waals surface area contributed by atoms with Gasteiger partial charge in [-0.2, -0.15) is 0 Å². The number of fused-ring (bicyclic) bond motifs is 1. The number of hydrogen-bond donors (Lipinski definition) is 0. The second-order valence-corrected chi connectivity index (χ2v) is 10.4. The third kappa shape index (κ3) is 6.00. The first kappa shape index (κ1) is 24.5. The zero-order valence-electron chi connectivity index (χ0n) is 20.1. The Hall–Kier alpha value is -2.14. The van der Waals surface area contributed by atoms with E-state index in [-0.39, 0.29) is 24.4 Å². The van der Waals surface area contributed by atoms with Crippen molar-refractivity contribution in [3.63, 3.8) is 0 Å². The maximum atomic E-state index is 13.6. The Morgan fingerprint density at radius 1 is 1.12 bits per heavy atom. The fraction of sp³-hybridized carbons (Fsp3) is 0.556. The maximum Gasteiger partial charge on any atom is 0.242 e. The summed E-state index contributed by atoms with van der Waals surface area (Å²) in [6.45, 7) is 10.0. The summed E-state index contributed by atoms with van der Waals surface area (Å²) in [6, 6.07) is 10.4. The highest BCUT2D eigenvalue weighted by Crippen LogP contribution is 2.39. The highest BCUT2D eigenvalue weighted by Gasteiger charge is 2.34. The molecule has 0 saturated heterocycles. The summed E-state index contributed by atoms with van der Waals surface area (Å²) < 4.78 is 0. The van der Waals surface area contributed by atoms with Crippen LogP contribution in [0.15, 0.2) is 35.7 Å². The molecule has 0 N–H and O–H groups in total. The molecule has 0 radical (unpaired) electrons. The molecule has 2 heterocycles. The summed E-state index contributed by atoms with van der Waals surface area (Å²) in [5.74, 6) is 0.501. The number of carbonyl (C=O) groups excluding carboxylic acids is 2. The predicted octanol–water partition coefficient (Wildman–Crippen LogP) is 5.99. The molecule has 1 aromatic carbocycles. The molecule has 2 aromatic rings. The van der Waals surface area contributed by atoms with Crippen LogP contribution in [0.4, 0.5) is 0 Å². The summed E-state index contributed by atoms with van der Waals surface area (Å²) in [5.41, 5.74) is 3.62. The van der Waals surface area contributed by atoms with Crippen molar-refractivity contribution in [2.45, 2.75) is 72.3 Å². The van der Waals surface area contributed by atoms with Crippen molar-refractivity contribution in [2.75, 3.05) is 19.6 Å². The number of hydrogen-bond acceptors (Lipinski definition) is 3. The second kappa shape index (κ2) is 11.6. The smallest absolute Gasteiger partial charge is 0.242 e. The van der Waals surface area contributed by atoms with E-state index < -0.39 is 0 Å². The summed E-state index contributed by atoms with van der Waals surface area (Å²) >= 11 is 1.78. The topological polar surface area (TPSA) is 40.6 Å². The van der Waals surface area contributed by atoms with Gasteiger partial charge in [0, 0.05) is 24.4 Å². The number of benzene rings is 1. The van der Waals surface area contributed by atoms with Crippen LogP contribution in [0.5, 0.6) is 0 Å². The van der Waals surface area contributed by atoms with Crippen molar-refractivity contribution < 1.29 is 9.59 Å². The lowest BCUT2D eigenvalue weighted by atomic mass is 9.90. The minimum atomic E-state index is -0.0701. The van der Waals surface area contributed by atoms with Crippen LogP contribution in [0.2, 0.25) is 0 Å². The molecule has 1 unspecified atom stereocenters. The highest BCUT2D eigenvalue weighted by atomic mass is 32.1. The summed E-state index contributed by atoms with van der Waals surface area (Å²) in [4.78, 5) is 31.8. The summed E-state index contributed by atoms with van der Waals surface area (Å²) in [6.07, 6.45) is 5.72. The van der Waals surface area contributed by atoms with Gasteiger partial charge in [-0.1, -0.05) is 64.3 Å². The van der Waals surface area contributed by atoms with E-state index in [1.165, 1.54) is 21.6 Å². The first-order valence-electron chi connectivity index (χ1n) is 12.1. The molecule has 1 aliphatic heterocycles. The van der Waals surface area contributed by atoms with Crippen molar-refractivity contribution in [3.05, 3.63) is 57.3 Å². The van der Waals surface area contributed by atoms with Gasteiger partial charge in [0.1, 0.15) is 0 Å². The number of carbonyl (C=O) groups is 2. The molecule has 1 aromatic heterocycles. The standard InChI is InChI=1S/C27H38N2O2S/c1-5-6-7-8-13-25(30)28(18-20(2)3)19-26(31)29-16-14-24-23(15-17-32-24)27(29)22-12-10-9-11-21(22)4/h9-12,15,17,20,27H,5-8,13-14,16,18-19H2,1-4H3. The summed E-state index contributed by atoms with van der Waals surface area (Å²) in [5, 5.41) is 2.13. The third-order valence-electron chi connectivity index (χ3n) is 6.28. The average molecular weight is 455 g/mol. The zero-order chi connectivity index (χ0) is 23.1. The van der Waals surface area contributed by atoms with Gasteiger partial charge >= 0.3 is 0 Å². The third-order valence-corrected chi connectivity index (χ3v) is 7.27. The molecule has 0 aliphatic carbocycles. The fourth-order valence-corrected chi connectivity index (χ4v) is 5.53. The maximum absolute atomic E-state index is 13.6. The number of unbranched alkanes of at least 4 members (excludes halogenated alkanes) is 3. The molecule has 0 fully saturated rings. The van der Waals surface area contributed by atoms with Crippen LogP contribution in [0, 0.1) is 12.8 Å². The lowest BCUT2D eigenvalue weighted by molar-refractivity contribution is -0.142. The number of amides is 2. The Morgan fingerprint density at radius 2 is 1.91 bits per heavy atom. The second-order valence-electron chi connectivity index (χ2n) is 9.37. The summed E-state index contributed by atoms with van der Waals surface area (Å²) in [7, 11) is 0. The van der Waals surface area contributed by atoms with Crippen LogP contribution < -0.4 is 0 Å². The number of nitrogens with zero attached hydrogens (tertiary/aromatic N) is 2. The van der Waals surface area contributed by atoms with Crippen molar-refractivity contribution in [1.29, 1.82) is 0 Å². The number of thiophene rings is 1. The molecule has 1 atom stereocenters. The quantitative estimate of drug-likeness (QED) is 0.414. The van der Waals surface area contributed by atoms with Crippen molar-refractivity contribution in [1.82, 2.24) is 9.80 Å². The first-order chi connectivity index (χ1) is 15.4. The zero-order valence-corrected chi connectivity index (χ0v) is 20.9. The van der Waals surface area contributed by atoms with Crippen molar-refractivity contribution >= 4 is 23.2 Å². The van der Waals surface area contributed by atoms with E-state index in [2.05, 4.69) is 57.3 Å². The Morgan fingerprint density at radius 3 is 2.62 bits per heavy atom. The molecule has 4 nitrogen and oxygen atoms in total. The molecule has 0 saturated carbocycles. The van der Waals surface area contributed by atoms with Crippen LogP contribution in [0.1, 0.15) is 80.5 Å². The van der Waals surface area contributed by atoms with E-state index in [1.807, 2.05) is 11.0 Å². The molecular formula is C27H38N2O2S. The van der Waals surface area contributed by atoms with Gasteiger partial charge in [-0.15, -0.1) is 11.3 Å². The van der Waals surface area contributed by atoms with Gasteiger partial charge in [0.05, 0.1) is 12.6 Å². The van der Waals surface area contributed by atoms with Gasteiger partial charge in [-0.25, -0.2) is 0 Å². The monoisotopic (exact) mass is 454 g/mol. The molecule has 32 heavy (non-hydrogen) atoms. The van der Waals surface area contributed by atoms with Gasteiger partial charge < -0.3 is 9.80 Å². The van der Waals surface area contributed by atoms with E-state index in [4.69, 9.17) is 0 Å². The Labute approximate surface area is 197 Å². The molecule has 2 amide bonds. The lowest BCUT2D eigenvalue weighted by Crippen LogP contribution is -2.47. The minimum absolute atomic E-state index is 0.0534. The van der Waals surface area contributed by atoms with E-state index in [0.717, 1.165) is 32.1 Å². The van der Waals surface area contributed by atoms with Crippen LogP contribution in [-0.4, -0.2) is 41.2 Å². The van der Waals surface area contributed by atoms with Crippen molar-refractivity contribution in [2.24, 2.45) is 5.92 Å². The Kier molecular flexibility index (Phi) is 8.92. The van der Waals surface area contributed by atoms with E-state index in [9.17, 15) is 9.59 Å². The average Bonchev–Trinajstić information content (AvgIpc) is 3.24. The van der Waals surface area contributed by atoms with Gasteiger partial charge in [-0.05, 0) is 53.8 Å². The predicted molar refractivity (Wildman–Crippen MR) is 133 cm³/mol. The van der Waals surface area contributed by atoms with Crippen LogP contribution >= 0.6 is 11.3 Å². The van der Waals surface area contributed by atoms with E-state index >= 15 is 0 Å². The SMILES string of the molecule is CCCCCCC(=O)N(CC(=O)N1CCc2sccc2C1c1ccccc1C)CC(C)C. The normalized spacial score (nSPS) is 15.7. The van der Waals surface area contributed by atoms with Gasteiger partial charge in [0.15, 0.2) is 0 Å². The minimum Gasteiger partial charge on any atom is -0.333 e. The number of rotatable bonds is 10. The molecule has 0 spiro atoms. The van der Waals surface area contributed by atoms with Crippen molar-refractivity contribution in [3.8, 4) is 0 Å². The lowest BCUT2D eigenvalue weighted by Gasteiger charge is -2.38. The van der Waals surface area contributed by atoms with Gasteiger partial charge in [0.2, 0.25) is 11.8 Å². The van der Waals surface area contributed by atoms with Crippen LogP contribution in [-0.2, 0) is 16.0 Å². The molecule has 1 aliphatic rings. The van der Waals surface area contributed by atoms with Gasteiger partial charge in [0.25, 0.3) is 0 Å². The number of aryl methyl sites for hydroxylation is 1. The molecule has 0 bridgehead atoms.